The Kier molecular flexibility index (Phi) is 5.96. The second kappa shape index (κ2) is 8.95. The van der Waals surface area contributed by atoms with Gasteiger partial charge in [0.15, 0.2) is 6.10 Å². The maximum absolute atomic E-state index is 13.7. The molecule has 5 rings (SSSR count). The first-order valence-corrected chi connectivity index (χ1v) is 11.6. The van der Waals surface area contributed by atoms with E-state index in [-0.39, 0.29) is 5.69 Å². The molecule has 0 aromatic heterocycles. The predicted molar refractivity (Wildman–Crippen MR) is 131 cm³/mol. The molecule has 0 bridgehead atoms. The van der Waals surface area contributed by atoms with E-state index in [0.29, 0.717) is 27.7 Å². The van der Waals surface area contributed by atoms with Crippen LogP contribution in [-0.2, 0) is 14.4 Å². The average Bonchev–Trinajstić information content (AvgIpc) is 3.36. The first kappa shape index (κ1) is 23.3. The molecule has 0 spiro atoms. The summed E-state index contributed by atoms with van der Waals surface area (Å²) < 4.78 is 6.28. The molecule has 0 aliphatic carbocycles. The lowest BCUT2D eigenvalue weighted by molar-refractivity contribution is -0.384. The molecule has 2 aliphatic rings. The standard InChI is InChI=1S/C24H17BrClN3O6/c1-34-19-10-5-13(25)11-18(19)21-20-22(35-28(21)16-3-2-4-17(12-16)29(32)33)24(31)27(23(20)30)15-8-6-14(26)7-9-15/h2-12,20-22H,1H3/t20-,21+,22+/m1/s1. The number of halogens is 2. The van der Waals surface area contributed by atoms with E-state index in [4.69, 9.17) is 21.2 Å². The molecule has 3 atom stereocenters. The Morgan fingerprint density at radius 3 is 2.46 bits per heavy atom. The number of fused-ring (bicyclic) bond motifs is 1. The molecular weight excluding hydrogens is 542 g/mol. The van der Waals surface area contributed by atoms with E-state index in [0.717, 1.165) is 9.37 Å². The number of amides is 2. The molecule has 178 valence electrons. The van der Waals surface area contributed by atoms with Gasteiger partial charge in [-0.05, 0) is 48.5 Å². The molecule has 0 saturated carbocycles. The lowest BCUT2D eigenvalue weighted by Gasteiger charge is -2.29. The summed E-state index contributed by atoms with van der Waals surface area (Å²) in [7, 11) is 1.50. The Morgan fingerprint density at radius 2 is 1.77 bits per heavy atom. The zero-order chi connectivity index (χ0) is 24.9. The molecule has 11 heteroatoms. The number of nitro groups is 1. The highest BCUT2D eigenvalue weighted by Crippen LogP contribution is 2.50. The van der Waals surface area contributed by atoms with E-state index in [1.54, 1.807) is 48.5 Å². The molecule has 2 heterocycles. The van der Waals surface area contributed by atoms with Crippen LogP contribution in [0.3, 0.4) is 0 Å². The van der Waals surface area contributed by atoms with Gasteiger partial charge in [-0.3, -0.25) is 24.5 Å². The average molecular weight is 559 g/mol. The fourth-order valence-corrected chi connectivity index (χ4v) is 4.98. The van der Waals surface area contributed by atoms with Crippen molar-refractivity contribution in [1.29, 1.82) is 0 Å². The van der Waals surface area contributed by atoms with Crippen LogP contribution in [-0.4, -0.2) is 30.0 Å². The maximum Gasteiger partial charge on any atom is 0.271 e. The zero-order valence-electron chi connectivity index (χ0n) is 18.1. The van der Waals surface area contributed by atoms with Crippen LogP contribution in [0.1, 0.15) is 11.6 Å². The van der Waals surface area contributed by atoms with Crippen molar-refractivity contribution < 1.29 is 24.1 Å². The Hall–Kier alpha value is -3.47. The van der Waals surface area contributed by atoms with E-state index >= 15 is 0 Å². The number of non-ortho nitro benzene ring substituents is 1. The summed E-state index contributed by atoms with van der Waals surface area (Å²) in [4.78, 5) is 45.1. The van der Waals surface area contributed by atoms with E-state index in [1.807, 2.05) is 0 Å². The summed E-state index contributed by atoms with van der Waals surface area (Å²) >= 11 is 9.43. The second-order valence-corrected chi connectivity index (χ2v) is 9.33. The molecule has 2 amide bonds. The van der Waals surface area contributed by atoms with Crippen LogP contribution in [0, 0.1) is 16.0 Å². The number of carbonyl (C=O) groups excluding carboxylic acids is 2. The van der Waals surface area contributed by atoms with Gasteiger partial charge in [0.05, 0.1) is 29.4 Å². The number of imide groups is 1. The Bertz CT molecular complexity index is 1350. The van der Waals surface area contributed by atoms with Gasteiger partial charge in [0.2, 0.25) is 5.91 Å². The highest BCUT2D eigenvalue weighted by atomic mass is 79.9. The third kappa shape index (κ3) is 3.93. The van der Waals surface area contributed by atoms with Crippen molar-refractivity contribution in [3.8, 4) is 5.75 Å². The topological polar surface area (TPSA) is 102 Å². The molecule has 3 aromatic rings. The lowest BCUT2D eigenvalue weighted by atomic mass is 9.90. The van der Waals surface area contributed by atoms with Gasteiger partial charge in [0.25, 0.3) is 11.6 Å². The van der Waals surface area contributed by atoms with Crippen molar-refractivity contribution >= 4 is 56.4 Å². The van der Waals surface area contributed by atoms with Gasteiger partial charge in [-0.25, -0.2) is 9.96 Å². The molecule has 0 radical (unpaired) electrons. The molecule has 0 N–H and O–H groups in total. The highest BCUT2D eigenvalue weighted by Gasteiger charge is 2.60. The minimum absolute atomic E-state index is 0.149. The zero-order valence-corrected chi connectivity index (χ0v) is 20.5. The van der Waals surface area contributed by atoms with Crippen molar-refractivity contribution in [2.24, 2.45) is 5.92 Å². The van der Waals surface area contributed by atoms with Gasteiger partial charge in [-0.1, -0.05) is 33.6 Å². The number of nitrogens with zero attached hydrogens (tertiary/aromatic N) is 3. The number of rotatable bonds is 5. The summed E-state index contributed by atoms with van der Waals surface area (Å²) in [6, 6.07) is 16.7. The van der Waals surface area contributed by atoms with Crippen LogP contribution < -0.4 is 14.7 Å². The first-order chi connectivity index (χ1) is 16.8. The summed E-state index contributed by atoms with van der Waals surface area (Å²) in [6.45, 7) is 0. The Labute approximate surface area is 213 Å². The summed E-state index contributed by atoms with van der Waals surface area (Å²) in [5, 5.41) is 13.2. The second-order valence-electron chi connectivity index (χ2n) is 7.97. The largest absolute Gasteiger partial charge is 0.496 e. The quantitative estimate of drug-likeness (QED) is 0.245. The van der Waals surface area contributed by atoms with Crippen LogP contribution in [0.25, 0.3) is 0 Å². The highest BCUT2D eigenvalue weighted by molar-refractivity contribution is 9.10. The summed E-state index contributed by atoms with van der Waals surface area (Å²) in [6.07, 6.45) is -1.13. The van der Waals surface area contributed by atoms with Gasteiger partial charge in [0, 0.05) is 27.2 Å². The number of carbonyl (C=O) groups is 2. The number of anilines is 2. The van der Waals surface area contributed by atoms with Crippen molar-refractivity contribution in [3.05, 3.63) is 91.9 Å². The van der Waals surface area contributed by atoms with Crippen molar-refractivity contribution in [1.82, 2.24) is 0 Å². The van der Waals surface area contributed by atoms with Crippen LogP contribution in [0.2, 0.25) is 5.02 Å². The third-order valence-corrected chi connectivity index (χ3v) is 6.75. The maximum atomic E-state index is 13.7. The normalized spacial score (nSPS) is 21.4. The smallest absolute Gasteiger partial charge is 0.271 e. The van der Waals surface area contributed by atoms with Crippen molar-refractivity contribution in [2.75, 3.05) is 17.1 Å². The number of ether oxygens (including phenoxy) is 1. The monoisotopic (exact) mass is 557 g/mol. The number of benzene rings is 3. The van der Waals surface area contributed by atoms with Gasteiger partial charge < -0.3 is 4.74 Å². The van der Waals surface area contributed by atoms with Gasteiger partial charge in [0.1, 0.15) is 11.7 Å². The van der Waals surface area contributed by atoms with Crippen LogP contribution >= 0.6 is 27.5 Å². The number of methoxy groups -OCH3 is 1. The van der Waals surface area contributed by atoms with Gasteiger partial charge >= 0.3 is 0 Å². The molecule has 2 saturated heterocycles. The van der Waals surface area contributed by atoms with Crippen LogP contribution in [0.15, 0.2) is 71.2 Å². The molecule has 0 unspecified atom stereocenters. The van der Waals surface area contributed by atoms with Gasteiger partial charge in [-0.2, -0.15) is 0 Å². The minimum atomic E-state index is -1.13. The molecule has 35 heavy (non-hydrogen) atoms. The number of hydrogen-bond donors (Lipinski definition) is 0. The molecule has 3 aromatic carbocycles. The molecule has 2 aliphatic heterocycles. The number of hydrogen-bond acceptors (Lipinski definition) is 7. The van der Waals surface area contributed by atoms with Crippen molar-refractivity contribution in [2.45, 2.75) is 12.1 Å². The van der Waals surface area contributed by atoms with E-state index in [1.165, 1.54) is 30.4 Å². The Morgan fingerprint density at radius 1 is 1.03 bits per heavy atom. The molecular formula is C24H17BrClN3O6. The molecule has 9 nitrogen and oxygen atoms in total. The number of nitro benzene ring substituents is 1. The van der Waals surface area contributed by atoms with Crippen LogP contribution in [0.4, 0.5) is 17.1 Å². The summed E-state index contributed by atoms with van der Waals surface area (Å²) in [5.41, 5.74) is 1.15. The van der Waals surface area contributed by atoms with Crippen molar-refractivity contribution in [3.63, 3.8) is 0 Å². The fourth-order valence-electron chi connectivity index (χ4n) is 4.48. The van der Waals surface area contributed by atoms with E-state index in [9.17, 15) is 19.7 Å². The number of hydroxylamine groups is 1. The van der Waals surface area contributed by atoms with E-state index < -0.39 is 34.8 Å². The van der Waals surface area contributed by atoms with Crippen LogP contribution in [0.5, 0.6) is 5.75 Å². The first-order valence-electron chi connectivity index (χ1n) is 10.5. The third-order valence-electron chi connectivity index (χ3n) is 6.01. The minimum Gasteiger partial charge on any atom is -0.496 e. The SMILES string of the molecule is COc1ccc(Br)cc1[C@H]1[C@H]2C(=O)N(c3ccc(Cl)cc3)C(=O)[C@H]2ON1c1cccc([N+](=O)[O-])c1. The lowest BCUT2D eigenvalue weighted by Crippen LogP contribution is -2.37. The predicted octanol–water partition coefficient (Wildman–Crippen LogP) is 5.07. The Balaban J connectivity index is 1.64. The fraction of sp³-hybridized carbons (Fsp3) is 0.167. The molecule has 2 fully saturated rings. The van der Waals surface area contributed by atoms with E-state index in [2.05, 4.69) is 15.9 Å². The van der Waals surface area contributed by atoms with Gasteiger partial charge in [-0.15, -0.1) is 0 Å². The summed E-state index contributed by atoms with van der Waals surface area (Å²) in [5.74, 6) is -1.44.